The average molecular weight is 421 g/mol. The van der Waals surface area contributed by atoms with Crippen molar-refractivity contribution in [3.05, 3.63) is 23.8 Å². The van der Waals surface area contributed by atoms with Crippen LogP contribution in [0.4, 0.5) is 29.7 Å². The molecule has 1 aromatic rings. The number of benzene rings is 1. The van der Waals surface area contributed by atoms with Crippen molar-refractivity contribution in [3.63, 3.8) is 0 Å². The minimum atomic E-state index is -0.797. The van der Waals surface area contributed by atoms with Gasteiger partial charge in [-0.1, -0.05) is 0 Å². The van der Waals surface area contributed by atoms with E-state index >= 15 is 0 Å². The number of amides is 4. The maximum atomic E-state index is 14.8. The molecule has 0 radical (unpaired) electrons. The molecule has 0 spiro atoms. The predicted molar refractivity (Wildman–Crippen MR) is 101 cm³/mol. The first-order chi connectivity index (χ1) is 14.4. The van der Waals surface area contributed by atoms with E-state index in [4.69, 9.17) is 4.74 Å². The third-order valence-electron chi connectivity index (χ3n) is 5.91. The molecule has 3 aliphatic heterocycles. The van der Waals surface area contributed by atoms with Crippen molar-refractivity contribution in [1.29, 1.82) is 0 Å². The Hall–Kier alpha value is -3.11. The summed E-state index contributed by atoms with van der Waals surface area (Å²) in [4.78, 5) is 38.0. The minimum absolute atomic E-state index is 0.0441. The number of cyclic esters (lactones) is 1. The van der Waals surface area contributed by atoms with Gasteiger partial charge in [0.15, 0.2) is 11.6 Å². The molecule has 5 rings (SSSR count). The Balaban J connectivity index is 1.27. The Morgan fingerprint density at radius 3 is 2.33 bits per heavy atom. The summed E-state index contributed by atoms with van der Waals surface area (Å²) in [6, 6.07) is 1.50. The van der Waals surface area contributed by atoms with E-state index in [-0.39, 0.29) is 67.5 Å². The number of hydrogen-bond donors (Lipinski definition) is 3. The largest absolute Gasteiger partial charge is 0.442 e. The third kappa shape index (κ3) is 3.37. The van der Waals surface area contributed by atoms with Crippen LogP contribution in [0.15, 0.2) is 12.1 Å². The molecular weight excluding hydrogens is 400 g/mol. The molecular formula is C19H21F2N5O4. The van der Waals surface area contributed by atoms with Crippen LogP contribution in [0.25, 0.3) is 0 Å². The number of fused-ring (bicyclic) bond motifs is 1. The van der Waals surface area contributed by atoms with Gasteiger partial charge in [0.1, 0.15) is 11.8 Å². The number of urea groups is 1. The van der Waals surface area contributed by atoms with Crippen molar-refractivity contribution in [2.24, 2.45) is 5.92 Å². The van der Waals surface area contributed by atoms with E-state index in [1.165, 1.54) is 4.90 Å². The van der Waals surface area contributed by atoms with Crippen LogP contribution in [-0.2, 0) is 9.53 Å². The Morgan fingerprint density at radius 1 is 1.10 bits per heavy atom. The van der Waals surface area contributed by atoms with Gasteiger partial charge < -0.3 is 25.6 Å². The smallest absolute Gasteiger partial charge is 0.414 e. The Morgan fingerprint density at radius 2 is 1.73 bits per heavy atom. The molecule has 3 heterocycles. The highest BCUT2D eigenvalue weighted by Crippen LogP contribution is 2.33. The number of halogens is 2. The second kappa shape index (κ2) is 6.99. The summed E-state index contributed by atoms with van der Waals surface area (Å²) >= 11 is 0. The van der Waals surface area contributed by atoms with E-state index in [1.807, 2.05) is 0 Å². The number of nitrogens with zero attached hydrogens (tertiary/aromatic N) is 2. The van der Waals surface area contributed by atoms with E-state index in [2.05, 4.69) is 16.0 Å². The van der Waals surface area contributed by atoms with Gasteiger partial charge >= 0.3 is 12.1 Å². The fraction of sp³-hybridized carbons (Fsp3) is 0.526. The predicted octanol–water partition coefficient (Wildman–Crippen LogP) is 0.686. The van der Waals surface area contributed by atoms with E-state index in [9.17, 15) is 23.2 Å². The first-order valence-corrected chi connectivity index (χ1v) is 9.96. The van der Waals surface area contributed by atoms with Crippen LogP contribution in [0, 0.1) is 17.6 Å². The number of rotatable bonds is 5. The lowest BCUT2D eigenvalue weighted by molar-refractivity contribution is -0.122. The monoisotopic (exact) mass is 421 g/mol. The number of nitrogens with one attached hydrogen (secondary N) is 3. The number of hydrogen-bond acceptors (Lipinski definition) is 5. The molecule has 9 nitrogen and oxygen atoms in total. The quantitative estimate of drug-likeness (QED) is 0.649. The zero-order chi connectivity index (χ0) is 21.0. The first kappa shape index (κ1) is 18.9. The number of ether oxygens (including phenoxy) is 1. The summed E-state index contributed by atoms with van der Waals surface area (Å²) in [5, 5.41) is 8.17. The lowest BCUT2D eigenvalue weighted by atomic mass is 10.2. The van der Waals surface area contributed by atoms with Crippen LogP contribution >= 0.6 is 0 Å². The molecule has 3 N–H and O–H groups in total. The summed E-state index contributed by atoms with van der Waals surface area (Å²) in [5.41, 5.74) is -0.134. The van der Waals surface area contributed by atoms with Crippen LogP contribution in [-0.4, -0.2) is 62.4 Å². The summed E-state index contributed by atoms with van der Waals surface area (Å²) < 4.78 is 34.9. The molecule has 11 heteroatoms. The summed E-state index contributed by atoms with van der Waals surface area (Å²) in [6.07, 6.45) is 0.441. The number of carbonyl (C=O) groups excluding carboxylic acids is 3. The van der Waals surface area contributed by atoms with Crippen molar-refractivity contribution in [2.45, 2.75) is 31.0 Å². The Bertz CT molecular complexity index is 885. The van der Waals surface area contributed by atoms with Gasteiger partial charge in [0, 0.05) is 31.1 Å². The fourth-order valence-electron chi connectivity index (χ4n) is 4.21. The van der Waals surface area contributed by atoms with Crippen LogP contribution in [0.1, 0.15) is 12.8 Å². The average Bonchev–Trinajstić information content (AvgIpc) is 3.25. The van der Waals surface area contributed by atoms with Gasteiger partial charge in [0.05, 0.1) is 30.9 Å². The van der Waals surface area contributed by atoms with Gasteiger partial charge in [-0.3, -0.25) is 9.69 Å². The molecule has 3 atom stereocenters. The van der Waals surface area contributed by atoms with Gasteiger partial charge in [0.25, 0.3) is 0 Å². The molecule has 1 aromatic carbocycles. The highest BCUT2D eigenvalue weighted by molar-refractivity contribution is 5.90. The molecule has 4 aliphatic rings. The second-order valence-electron chi connectivity index (χ2n) is 8.13. The van der Waals surface area contributed by atoms with Crippen LogP contribution in [0.2, 0.25) is 0 Å². The van der Waals surface area contributed by atoms with Gasteiger partial charge in [-0.05, 0) is 12.8 Å². The highest BCUT2D eigenvalue weighted by atomic mass is 19.1. The first-order valence-electron chi connectivity index (χ1n) is 9.96. The van der Waals surface area contributed by atoms with Gasteiger partial charge in [-0.15, -0.1) is 0 Å². The lowest BCUT2D eigenvalue weighted by Gasteiger charge is -2.22. The van der Waals surface area contributed by atoms with Crippen LogP contribution < -0.4 is 25.8 Å². The molecule has 4 amide bonds. The van der Waals surface area contributed by atoms with E-state index in [0.29, 0.717) is 0 Å². The highest BCUT2D eigenvalue weighted by Gasteiger charge is 2.41. The van der Waals surface area contributed by atoms with Crippen molar-refractivity contribution in [2.75, 3.05) is 36.0 Å². The van der Waals surface area contributed by atoms with Crippen LogP contribution in [0.5, 0.6) is 0 Å². The standard InChI is InChI=1S/C19H21F2N5O4/c20-12-3-10(26-6-11(30-19(26)29)5-22-17(27)9-1-2-9)4-13(21)16(12)25-7-14-15(8-25)24-18(28)23-14/h3-4,9,11,14-15H,1-2,5-8H2,(H,22,27)(H2,23,24,28)/t11-,14?,15?/m0/s1. The van der Waals surface area contributed by atoms with E-state index in [1.54, 1.807) is 0 Å². The minimum Gasteiger partial charge on any atom is -0.442 e. The summed E-state index contributed by atoms with van der Waals surface area (Å²) in [6.45, 7) is 0.817. The summed E-state index contributed by atoms with van der Waals surface area (Å²) in [5.74, 6) is -1.61. The molecule has 160 valence electrons. The summed E-state index contributed by atoms with van der Waals surface area (Å²) in [7, 11) is 0. The Kier molecular flexibility index (Phi) is 4.40. The van der Waals surface area contributed by atoms with Gasteiger partial charge in [-0.2, -0.15) is 0 Å². The fourth-order valence-corrected chi connectivity index (χ4v) is 4.21. The molecule has 30 heavy (non-hydrogen) atoms. The SMILES string of the molecule is O=C1NC2CN(c3c(F)cc(N4C[C@H](CNC(=O)C5CC5)OC4=O)cc3F)CC2N1. The molecule has 4 fully saturated rings. The van der Waals surface area contributed by atoms with E-state index in [0.717, 1.165) is 29.9 Å². The lowest BCUT2D eigenvalue weighted by Crippen LogP contribution is -2.35. The van der Waals surface area contributed by atoms with Crippen molar-refractivity contribution < 1.29 is 27.9 Å². The number of anilines is 2. The molecule has 1 saturated carbocycles. The topological polar surface area (TPSA) is 103 Å². The number of carbonyl (C=O) groups is 3. The van der Waals surface area contributed by atoms with Crippen LogP contribution in [0.3, 0.4) is 0 Å². The molecule has 0 aromatic heterocycles. The zero-order valence-electron chi connectivity index (χ0n) is 16.0. The second-order valence-corrected chi connectivity index (χ2v) is 8.13. The van der Waals surface area contributed by atoms with Crippen molar-refractivity contribution in [1.82, 2.24) is 16.0 Å². The molecule has 3 saturated heterocycles. The zero-order valence-corrected chi connectivity index (χ0v) is 16.0. The van der Waals surface area contributed by atoms with Crippen molar-refractivity contribution in [3.8, 4) is 0 Å². The molecule has 0 bridgehead atoms. The normalized spacial score (nSPS) is 27.6. The molecule has 2 unspecified atom stereocenters. The third-order valence-corrected chi connectivity index (χ3v) is 5.91. The Labute approximate surface area is 170 Å². The maximum Gasteiger partial charge on any atom is 0.414 e. The maximum absolute atomic E-state index is 14.8. The molecule has 1 aliphatic carbocycles. The van der Waals surface area contributed by atoms with E-state index < -0.39 is 23.8 Å². The van der Waals surface area contributed by atoms with Crippen molar-refractivity contribution >= 4 is 29.4 Å². The van der Waals surface area contributed by atoms with Gasteiger partial charge in [0.2, 0.25) is 5.91 Å². The van der Waals surface area contributed by atoms with Gasteiger partial charge in [-0.25, -0.2) is 18.4 Å².